The quantitative estimate of drug-likeness (QED) is 0.557. The number of halogens is 2. The largest absolute Gasteiger partial charge is 0.370 e. The van der Waals surface area contributed by atoms with E-state index >= 15 is 0 Å². The lowest BCUT2D eigenvalue weighted by atomic mass is 9.70. The molecular formula is C24H24ClFN2O2. The number of rotatable bonds is 4. The first kappa shape index (κ1) is 20.8. The van der Waals surface area contributed by atoms with Crippen LogP contribution in [0.2, 0.25) is 5.02 Å². The number of carbonyl (C=O) groups excluding carboxylic acids is 1. The fourth-order valence-electron chi connectivity index (χ4n) is 4.53. The molecule has 2 N–H and O–H groups in total. The summed E-state index contributed by atoms with van der Waals surface area (Å²) in [7, 11) is 0. The van der Waals surface area contributed by atoms with Gasteiger partial charge in [0.15, 0.2) is 0 Å². The van der Waals surface area contributed by atoms with Gasteiger partial charge in [-0.1, -0.05) is 30.7 Å². The highest BCUT2D eigenvalue weighted by atomic mass is 35.5. The van der Waals surface area contributed by atoms with E-state index < -0.39 is 5.72 Å². The predicted octanol–water partition coefficient (Wildman–Crippen LogP) is 5.29. The summed E-state index contributed by atoms with van der Waals surface area (Å²) < 4.78 is 13.9. The molecule has 1 heterocycles. The van der Waals surface area contributed by atoms with Gasteiger partial charge in [-0.3, -0.25) is 9.78 Å². The Bertz CT molecular complexity index is 1070. The molecule has 0 bridgehead atoms. The molecule has 2 aromatic carbocycles. The molecule has 0 saturated heterocycles. The van der Waals surface area contributed by atoms with Crippen molar-refractivity contribution in [3.63, 3.8) is 0 Å². The third-order valence-corrected chi connectivity index (χ3v) is 6.35. The standard InChI is InChI=1S/C24H24ClFN2O2/c1-2-23(29)28-24(30)11-9-16(13-21(24)15-3-5-17(25)6-4-15)19-10-12-27-22-8-7-18(26)14-20(19)22/h3-8,10,12,14,16,21,30H,2,9,11,13H2,1H3,(H,28,29). The number of benzene rings is 2. The molecule has 3 aromatic rings. The summed E-state index contributed by atoms with van der Waals surface area (Å²) in [5, 5.41) is 15.7. The van der Waals surface area contributed by atoms with E-state index in [-0.39, 0.29) is 23.6 Å². The maximum absolute atomic E-state index is 13.9. The van der Waals surface area contributed by atoms with Crippen LogP contribution in [-0.4, -0.2) is 21.7 Å². The van der Waals surface area contributed by atoms with Crippen molar-refractivity contribution >= 4 is 28.4 Å². The molecule has 1 aliphatic rings. The number of carbonyl (C=O) groups is 1. The third kappa shape index (κ3) is 4.05. The molecular weight excluding hydrogens is 403 g/mol. The predicted molar refractivity (Wildman–Crippen MR) is 116 cm³/mol. The number of pyridine rings is 1. The third-order valence-electron chi connectivity index (χ3n) is 6.10. The Morgan fingerprint density at radius 2 is 2.03 bits per heavy atom. The molecule has 1 fully saturated rings. The number of amides is 1. The fourth-order valence-corrected chi connectivity index (χ4v) is 4.66. The van der Waals surface area contributed by atoms with Gasteiger partial charge in [0.2, 0.25) is 5.91 Å². The van der Waals surface area contributed by atoms with Gasteiger partial charge >= 0.3 is 0 Å². The van der Waals surface area contributed by atoms with Crippen LogP contribution in [0.1, 0.15) is 55.6 Å². The van der Waals surface area contributed by atoms with Crippen LogP contribution in [0, 0.1) is 5.82 Å². The number of nitrogens with zero attached hydrogens (tertiary/aromatic N) is 1. The molecule has 1 amide bonds. The van der Waals surface area contributed by atoms with E-state index in [2.05, 4.69) is 10.3 Å². The van der Waals surface area contributed by atoms with Gasteiger partial charge in [0.25, 0.3) is 0 Å². The van der Waals surface area contributed by atoms with Crippen LogP contribution in [-0.2, 0) is 4.79 Å². The van der Waals surface area contributed by atoms with Crippen molar-refractivity contribution in [2.45, 2.75) is 50.2 Å². The number of hydrogen-bond acceptors (Lipinski definition) is 3. The molecule has 1 aliphatic carbocycles. The number of nitrogens with one attached hydrogen (secondary N) is 1. The highest BCUT2D eigenvalue weighted by Crippen LogP contribution is 2.47. The Hall–Kier alpha value is -2.50. The van der Waals surface area contributed by atoms with Gasteiger partial charge in [-0.25, -0.2) is 4.39 Å². The van der Waals surface area contributed by atoms with Crippen LogP contribution in [0.15, 0.2) is 54.7 Å². The molecule has 3 unspecified atom stereocenters. The summed E-state index contributed by atoms with van der Waals surface area (Å²) in [5.41, 5.74) is 1.33. The van der Waals surface area contributed by atoms with E-state index in [1.807, 2.05) is 18.2 Å². The number of fused-ring (bicyclic) bond motifs is 1. The lowest BCUT2D eigenvalue weighted by Gasteiger charge is -2.44. The van der Waals surface area contributed by atoms with Gasteiger partial charge in [0.1, 0.15) is 11.5 Å². The number of hydrogen-bond donors (Lipinski definition) is 2. The van der Waals surface area contributed by atoms with Crippen molar-refractivity contribution in [3.8, 4) is 0 Å². The zero-order chi connectivity index (χ0) is 21.3. The molecule has 0 spiro atoms. The smallest absolute Gasteiger partial charge is 0.221 e. The van der Waals surface area contributed by atoms with Gasteiger partial charge in [-0.15, -0.1) is 0 Å². The van der Waals surface area contributed by atoms with Crippen molar-refractivity contribution in [3.05, 3.63) is 76.7 Å². The highest BCUT2D eigenvalue weighted by molar-refractivity contribution is 6.30. The molecule has 6 heteroatoms. The molecule has 30 heavy (non-hydrogen) atoms. The second kappa shape index (κ2) is 8.32. The summed E-state index contributed by atoms with van der Waals surface area (Å²) in [6, 6.07) is 13.9. The van der Waals surface area contributed by atoms with Gasteiger partial charge in [0.05, 0.1) is 5.52 Å². The minimum atomic E-state index is -1.34. The van der Waals surface area contributed by atoms with Crippen molar-refractivity contribution in [1.29, 1.82) is 0 Å². The highest BCUT2D eigenvalue weighted by Gasteiger charge is 2.44. The molecule has 4 nitrogen and oxygen atoms in total. The average molecular weight is 427 g/mol. The summed E-state index contributed by atoms with van der Waals surface area (Å²) in [5.74, 6) is -0.711. The van der Waals surface area contributed by atoms with E-state index in [4.69, 9.17) is 11.6 Å². The van der Waals surface area contributed by atoms with Crippen molar-refractivity contribution in [2.24, 2.45) is 0 Å². The molecule has 1 saturated carbocycles. The van der Waals surface area contributed by atoms with Gasteiger partial charge in [0, 0.05) is 28.9 Å². The van der Waals surface area contributed by atoms with Crippen LogP contribution >= 0.6 is 11.6 Å². The molecule has 4 rings (SSSR count). The molecule has 0 radical (unpaired) electrons. The summed E-state index contributed by atoms with van der Waals surface area (Å²) in [6.45, 7) is 1.76. The zero-order valence-corrected chi connectivity index (χ0v) is 17.5. The summed E-state index contributed by atoms with van der Waals surface area (Å²) in [6.07, 6.45) is 3.72. The normalized spacial score (nSPS) is 24.0. The van der Waals surface area contributed by atoms with Crippen molar-refractivity contribution < 1.29 is 14.3 Å². The first-order valence-corrected chi connectivity index (χ1v) is 10.6. The summed E-state index contributed by atoms with van der Waals surface area (Å²) >= 11 is 6.06. The molecule has 156 valence electrons. The Morgan fingerprint density at radius 3 is 2.77 bits per heavy atom. The lowest BCUT2D eigenvalue weighted by Crippen LogP contribution is -2.55. The Labute approximate surface area is 180 Å². The van der Waals surface area contributed by atoms with Crippen molar-refractivity contribution in [1.82, 2.24) is 10.3 Å². The SMILES string of the molecule is CCC(=O)NC1(O)CCC(c2ccnc3ccc(F)cc23)CC1c1ccc(Cl)cc1. The first-order chi connectivity index (χ1) is 14.4. The van der Waals surface area contributed by atoms with E-state index in [1.54, 1.807) is 31.3 Å². The van der Waals surface area contributed by atoms with Crippen LogP contribution in [0.4, 0.5) is 4.39 Å². The first-order valence-electron chi connectivity index (χ1n) is 10.2. The second-order valence-corrected chi connectivity index (χ2v) is 8.40. The Kier molecular flexibility index (Phi) is 5.76. The van der Waals surface area contributed by atoms with E-state index in [9.17, 15) is 14.3 Å². The minimum Gasteiger partial charge on any atom is -0.370 e. The minimum absolute atomic E-state index is 0.0942. The van der Waals surface area contributed by atoms with E-state index in [1.165, 1.54) is 12.1 Å². The number of aromatic nitrogens is 1. The van der Waals surface area contributed by atoms with Gasteiger partial charge in [-0.2, -0.15) is 0 Å². The Morgan fingerprint density at radius 1 is 1.27 bits per heavy atom. The van der Waals surface area contributed by atoms with E-state index in [0.717, 1.165) is 22.0 Å². The zero-order valence-electron chi connectivity index (χ0n) is 16.7. The van der Waals surface area contributed by atoms with Gasteiger partial charge in [-0.05, 0) is 72.7 Å². The fraction of sp³-hybridized carbons (Fsp3) is 0.333. The van der Waals surface area contributed by atoms with Crippen LogP contribution in [0.25, 0.3) is 10.9 Å². The van der Waals surface area contributed by atoms with E-state index in [0.29, 0.717) is 30.7 Å². The molecule has 3 atom stereocenters. The second-order valence-electron chi connectivity index (χ2n) is 7.96. The van der Waals surface area contributed by atoms with Crippen LogP contribution in [0.5, 0.6) is 0 Å². The van der Waals surface area contributed by atoms with Gasteiger partial charge < -0.3 is 10.4 Å². The van der Waals surface area contributed by atoms with Crippen LogP contribution < -0.4 is 5.32 Å². The molecule has 1 aromatic heterocycles. The van der Waals surface area contributed by atoms with Crippen molar-refractivity contribution in [2.75, 3.05) is 0 Å². The Balaban J connectivity index is 1.73. The molecule has 0 aliphatic heterocycles. The monoisotopic (exact) mass is 426 g/mol. The maximum Gasteiger partial charge on any atom is 0.221 e. The summed E-state index contributed by atoms with van der Waals surface area (Å²) in [4.78, 5) is 16.5. The maximum atomic E-state index is 13.9. The van der Waals surface area contributed by atoms with Crippen LogP contribution in [0.3, 0.4) is 0 Å². The lowest BCUT2D eigenvalue weighted by molar-refractivity contribution is -0.133. The number of aliphatic hydroxyl groups is 1. The topological polar surface area (TPSA) is 62.2 Å². The average Bonchev–Trinajstić information content (AvgIpc) is 2.74.